The second kappa shape index (κ2) is 11.3. The molecule has 0 heterocycles. The first-order valence-electron chi connectivity index (χ1n) is 11.9. The Labute approximate surface area is 215 Å². The molecule has 0 radical (unpaired) electrons. The molecule has 4 aromatic rings. The van der Waals surface area contributed by atoms with E-state index < -0.39 is 18.1 Å². The molecule has 0 aromatic heterocycles. The zero-order chi connectivity index (χ0) is 26.4. The van der Waals surface area contributed by atoms with Crippen molar-refractivity contribution >= 4 is 39.8 Å². The standard InChI is InChI=1S/C30H29N3O4/c1-19-11-14-21(15-12-19)32-30(36)37-29(24-16-17-27(34)23-8-4-3-7-22(23)24)20(2)13-18-28(35)33-26-10-6-5-9-25(26)31/h3-18,20,29,34H,31H2,1-2H3,(H,32,36)(H,33,35)/b18-13+/t20-,29-/m0/s1. The molecule has 0 fully saturated rings. The fraction of sp³-hybridized carbons (Fsp3) is 0.133. The van der Waals surface area contributed by atoms with Crippen molar-refractivity contribution in [1.29, 1.82) is 0 Å². The largest absolute Gasteiger partial charge is 0.507 e. The lowest BCUT2D eigenvalue weighted by Crippen LogP contribution is -2.22. The Balaban J connectivity index is 1.60. The zero-order valence-corrected chi connectivity index (χ0v) is 20.6. The number of nitrogens with two attached hydrogens (primary N) is 1. The van der Waals surface area contributed by atoms with E-state index in [1.54, 1.807) is 60.7 Å². The molecule has 4 aromatic carbocycles. The third kappa shape index (κ3) is 6.27. The van der Waals surface area contributed by atoms with Gasteiger partial charge in [0.2, 0.25) is 5.91 Å². The molecule has 5 N–H and O–H groups in total. The maximum Gasteiger partial charge on any atom is 0.412 e. The number of amides is 2. The summed E-state index contributed by atoms with van der Waals surface area (Å²) in [5.41, 5.74) is 9.27. The summed E-state index contributed by atoms with van der Waals surface area (Å²) in [5.74, 6) is -0.621. The average Bonchev–Trinajstić information content (AvgIpc) is 2.89. The monoisotopic (exact) mass is 495 g/mol. The van der Waals surface area contributed by atoms with Crippen LogP contribution < -0.4 is 16.4 Å². The highest BCUT2D eigenvalue weighted by atomic mass is 16.6. The summed E-state index contributed by atoms with van der Waals surface area (Å²) >= 11 is 0. The molecular formula is C30H29N3O4. The van der Waals surface area contributed by atoms with Crippen molar-refractivity contribution in [1.82, 2.24) is 0 Å². The van der Waals surface area contributed by atoms with Gasteiger partial charge in [0.05, 0.1) is 11.4 Å². The molecule has 0 aliphatic heterocycles. The number of hydrogen-bond donors (Lipinski definition) is 4. The Kier molecular flexibility index (Phi) is 7.74. The van der Waals surface area contributed by atoms with Crippen molar-refractivity contribution < 1.29 is 19.4 Å². The summed E-state index contributed by atoms with van der Waals surface area (Å²) in [5, 5.41) is 17.3. The highest BCUT2D eigenvalue weighted by Gasteiger charge is 2.25. The third-order valence-corrected chi connectivity index (χ3v) is 6.02. The van der Waals surface area contributed by atoms with E-state index in [1.165, 1.54) is 6.08 Å². The van der Waals surface area contributed by atoms with E-state index in [0.717, 1.165) is 10.9 Å². The van der Waals surface area contributed by atoms with Crippen molar-refractivity contribution in [2.24, 2.45) is 5.92 Å². The normalized spacial score (nSPS) is 12.7. The Bertz CT molecular complexity index is 1450. The minimum Gasteiger partial charge on any atom is -0.507 e. The van der Waals surface area contributed by atoms with Crippen LogP contribution in [0.25, 0.3) is 10.8 Å². The number of anilines is 3. The molecule has 7 nitrogen and oxygen atoms in total. The maximum absolute atomic E-state index is 12.9. The molecule has 0 unspecified atom stereocenters. The second-order valence-electron chi connectivity index (χ2n) is 8.83. The number of aryl methyl sites for hydroxylation is 1. The topological polar surface area (TPSA) is 114 Å². The molecule has 2 amide bonds. The average molecular weight is 496 g/mol. The number of nitrogens with one attached hydrogen (secondary N) is 2. The summed E-state index contributed by atoms with van der Waals surface area (Å²) in [6, 6.07) is 25.0. The number of fused-ring (bicyclic) bond motifs is 1. The van der Waals surface area contributed by atoms with Crippen LogP contribution in [0.5, 0.6) is 5.75 Å². The van der Waals surface area contributed by atoms with Gasteiger partial charge in [-0.05, 0) is 48.7 Å². The smallest absolute Gasteiger partial charge is 0.412 e. The number of phenolic OH excluding ortho intramolecular Hbond substituents is 1. The summed E-state index contributed by atoms with van der Waals surface area (Å²) in [4.78, 5) is 25.5. The van der Waals surface area contributed by atoms with E-state index in [2.05, 4.69) is 10.6 Å². The number of carbonyl (C=O) groups is 2. The summed E-state index contributed by atoms with van der Waals surface area (Å²) in [6.07, 6.45) is 1.70. The van der Waals surface area contributed by atoms with Gasteiger partial charge in [0, 0.05) is 22.6 Å². The summed E-state index contributed by atoms with van der Waals surface area (Å²) in [7, 11) is 0. The molecule has 0 aliphatic carbocycles. The first-order valence-corrected chi connectivity index (χ1v) is 11.9. The molecule has 0 spiro atoms. The molecular weight excluding hydrogens is 466 g/mol. The SMILES string of the molecule is Cc1ccc(NC(=O)O[C@H](c2ccc(O)c3ccccc23)[C@@H](C)/C=C/C(=O)Nc2ccccc2N)cc1. The van der Waals surface area contributed by atoms with Crippen LogP contribution in [-0.2, 0) is 9.53 Å². The molecule has 7 heteroatoms. The lowest BCUT2D eigenvalue weighted by atomic mass is 9.92. The molecule has 2 atom stereocenters. The number of benzene rings is 4. The Morgan fingerprint density at radius 1 is 0.892 bits per heavy atom. The highest BCUT2D eigenvalue weighted by Crippen LogP contribution is 2.36. The first kappa shape index (κ1) is 25.3. The van der Waals surface area contributed by atoms with Crippen molar-refractivity contribution in [3.8, 4) is 5.75 Å². The lowest BCUT2D eigenvalue weighted by Gasteiger charge is -2.24. The van der Waals surface area contributed by atoms with Crippen LogP contribution >= 0.6 is 0 Å². The Hall–Kier alpha value is -4.78. The van der Waals surface area contributed by atoms with Gasteiger partial charge < -0.3 is 20.9 Å². The van der Waals surface area contributed by atoms with Gasteiger partial charge in [0.25, 0.3) is 0 Å². The number of rotatable bonds is 7. The van der Waals surface area contributed by atoms with E-state index in [1.807, 2.05) is 44.2 Å². The van der Waals surface area contributed by atoms with Crippen LogP contribution in [0, 0.1) is 12.8 Å². The summed E-state index contributed by atoms with van der Waals surface area (Å²) in [6.45, 7) is 3.82. The minimum absolute atomic E-state index is 0.130. The van der Waals surface area contributed by atoms with Gasteiger partial charge in [-0.3, -0.25) is 10.1 Å². The quantitative estimate of drug-likeness (QED) is 0.171. The van der Waals surface area contributed by atoms with E-state index in [-0.39, 0.29) is 11.7 Å². The highest BCUT2D eigenvalue weighted by molar-refractivity contribution is 6.01. The summed E-state index contributed by atoms with van der Waals surface area (Å²) < 4.78 is 5.92. The fourth-order valence-corrected chi connectivity index (χ4v) is 4.03. The second-order valence-corrected chi connectivity index (χ2v) is 8.83. The van der Waals surface area contributed by atoms with Gasteiger partial charge in [0.1, 0.15) is 11.9 Å². The molecule has 4 rings (SSSR count). The van der Waals surface area contributed by atoms with Crippen molar-refractivity contribution in [3.63, 3.8) is 0 Å². The first-order chi connectivity index (χ1) is 17.8. The number of ether oxygens (including phenoxy) is 1. The number of nitrogen functional groups attached to an aromatic ring is 1. The van der Waals surface area contributed by atoms with Gasteiger partial charge in [-0.15, -0.1) is 0 Å². The van der Waals surface area contributed by atoms with E-state index in [4.69, 9.17) is 10.5 Å². The fourth-order valence-electron chi connectivity index (χ4n) is 4.03. The number of carbonyl (C=O) groups excluding carboxylic acids is 2. The van der Waals surface area contributed by atoms with Gasteiger partial charge in [-0.2, -0.15) is 0 Å². The van der Waals surface area contributed by atoms with Gasteiger partial charge >= 0.3 is 6.09 Å². The number of para-hydroxylation sites is 2. The third-order valence-electron chi connectivity index (χ3n) is 6.02. The maximum atomic E-state index is 12.9. The van der Waals surface area contributed by atoms with E-state index >= 15 is 0 Å². The zero-order valence-electron chi connectivity index (χ0n) is 20.6. The van der Waals surface area contributed by atoms with Crippen LogP contribution in [0.4, 0.5) is 21.9 Å². The lowest BCUT2D eigenvalue weighted by molar-refractivity contribution is -0.111. The van der Waals surface area contributed by atoms with E-state index in [0.29, 0.717) is 28.0 Å². The molecule has 0 saturated heterocycles. The molecule has 0 saturated carbocycles. The molecule has 0 aliphatic rings. The van der Waals surface area contributed by atoms with Crippen molar-refractivity contribution in [3.05, 3.63) is 108 Å². The number of aromatic hydroxyl groups is 1. The Morgan fingerprint density at radius 2 is 1.57 bits per heavy atom. The van der Waals surface area contributed by atoms with E-state index in [9.17, 15) is 14.7 Å². The van der Waals surface area contributed by atoms with Crippen LogP contribution in [0.15, 0.2) is 97.1 Å². The minimum atomic E-state index is -0.748. The Morgan fingerprint density at radius 3 is 2.30 bits per heavy atom. The molecule has 0 bridgehead atoms. The van der Waals surface area contributed by atoms with Crippen molar-refractivity contribution in [2.45, 2.75) is 20.0 Å². The predicted octanol–water partition coefficient (Wildman–Crippen LogP) is 6.56. The number of hydrogen-bond acceptors (Lipinski definition) is 5. The van der Waals surface area contributed by atoms with Gasteiger partial charge in [-0.25, -0.2) is 4.79 Å². The predicted molar refractivity (Wildman–Crippen MR) is 147 cm³/mol. The van der Waals surface area contributed by atoms with Gasteiger partial charge in [0.15, 0.2) is 0 Å². The van der Waals surface area contributed by atoms with Crippen molar-refractivity contribution in [2.75, 3.05) is 16.4 Å². The van der Waals surface area contributed by atoms with Crippen LogP contribution in [0.3, 0.4) is 0 Å². The molecule has 188 valence electrons. The van der Waals surface area contributed by atoms with Crippen LogP contribution in [-0.4, -0.2) is 17.1 Å². The van der Waals surface area contributed by atoms with Crippen LogP contribution in [0.2, 0.25) is 0 Å². The molecule has 37 heavy (non-hydrogen) atoms. The number of phenols is 1. The van der Waals surface area contributed by atoms with Gasteiger partial charge in [-0.1, -0.05) is 73.2 Å². The van der Waals surface area contributed by atoms with Crippen LogP contribution in [0.1, 0.15) is 24.2 Å².